The predicted octanol–water partition coefficient (Wildman–Crippen LogP) is 3.77. The Morgan fingerprint density at radius 3 is 2.44 bits per heavy atom. The fraction of sp³-hybridized carbons (Fsp3) is 0.600. The Morgan fingerprint density at radius 1 is 1.39 bits per heavy atom. The van der Waals surface area contributed by atoms with Crippen molar-refractivity contribution in [3.63, 3.8) is 0 Å². The smallest absolute Gasteiger partial charge is 0.0475 e. The lowest BCUT2D eigenvalue weighted by Gasteiger charge is -2.41. The highest BCUT2D eigenvalue weighted by atomic mass is 35.5. The molecule has 0 aliphatic carbocycles. The van der Waals surface area contributed by atoms with Gasteiger partial charge in [0.1, 0.15) is 0 Å². The molecule has 1 unspecified atom stereocenters. The zero-order chi connectivity index (χ0) is 13.9. The van der Waals surface area contributed by atoms with Crippen LogP contribution in [0.2, 0.25) is 5.02 Å². The summed E-state index contributed by atoms with van der Waals surface area (Å²) < 4.78 is 0. The molecular weight excluding hydrogens is 244 g/mol. The van der Waals surface area contributed by atoms with Gasteiger partial charge in [0.2, 0.25) is 0 Å². The molecule has 0 fully saturated rings. The molecule has 0 aromatic heterocycles. The van der Waals surface area contributed by atoms with Gasteiger partial charge in [-0.25, -0.2) is 0 Å². The largest absolute Gasteiger partial charge is 0.329 e. The van der Waals surface area contributed by atoms with E-state index in [9.17, 15) is 0 Å². The predicted molar refractivity (Wildman–Crippen MR) is 80.1 cm³/mol. The molecule has 0 amide bonds. The topological polar surface area (TPSA) is 29.3 Å². The van der Waals surface area contributed by atoms with Gasteiger partial charge in [-0.05, 0) is 57.5 Å². The lowest BCUT2D eigenvalue weighted by Crippen LogP contribution is -2.45. The molecule has 0 heterocycles. The van der Waals surface area contributed by atoms with Crippen LogP contribution in [-0.2, 0) is 0 Å². The second-order valence-electron chi connectivity index (χ2n) is 5.53. The van der Waals surface area contributed by atoms with E-state index in [4.69, 9.17) is 17.3 Å². The molecule has 0 radical (unpaired) electrons. The minimum absolute atomic E-state index is 0.135. The number of hydrogen-bond acceptors (Lipinski definition) is 2. The molecule has 2 N–H and O–H groups in total. The molecule has 1 aromatic carbocycles. The zero-order valence-corrected chi connectivity index (χ0v) is 12.9. The maximum atomic E-state index is 6.02. The molecule has 1 aromatic rings. The molecule has 1 rings (SSSR count). The van der Waals surface area contributed by atoms with Crippen molar-refractivity contribution in [2.75, 3.05) is 13.6 Å². The van der Waals surface area contributed by atoms with Gasteiger partial charge < -0.3 is 5.73 Å². The number of aryl methyl sites for hydroxylation is 1. The molecular formula is C15H25ClN2. The van der Waals surface area contributed by atoms with E-state index in [-0.39, 0.29) is 11.6 Å². The van der Waals surface area contributed by atoms with Crippen LogP contribution in [0.3, 0.4) is 0 Å². The Kier molecular flexibility index (Phi) is 5.20. The van der Waals surface area contributed by atoms with Crippen LogP contribution >= 0.6 is 11.6 Å². The summed E-state index contributed by atoms with van der Waals surface area (Å²) in [5, 5.41) is 0.782. The second-order valence-corrected chi connectivity index (χ2v) is 5.97. The van der Waals surface area contributed by atoms with Crippen LogP contribution in [0.5, 0.6) is 0 Å². The Labute approximate surface area is 116 Å². The van der Waals surface area contributed by atoms with Crippen molar-refractivity contribution in [2.45, 2.75) is 45.7 Å². The Hall–Kier alpha value is -0.570. The first-order chi connectivity index (χ1) is 8.33. The molecule has 0 bridgehead atoms. The summed E-state index contributed by atoms with van der Waals surface area (Å²) >= 11 is 6.02. The highest BCUT2D eigenvalue weighted by Crippen LogP contribution is 2.30. The van der Waals surface area contributed by atoms with E-state index in [1.165, 1.54) is 11.1 Å². The third-order valence-electron chi connectivity index (χ3n) is 4.10. The summed E-state index contributed by atoms with van der Waals surface area (Å²) in [5.74, 6) is 0. The van der Waals surface area contributed by atoms with Crippen molar-refractivity contribution in [2.24, 2.45) is 5.73 Å². The SMILES string of the molecule is CCC(C)(C)N(C)C(CN)c1ccc(Cl)cc1C. The maximum Gasteiger partial charge on any atom is 0.0475 e. The highest BCUT2D eigenvalue weighted by Gasteiger charge is 2.28. The van der Waals surface area contributed by atoms with E-state index in [0.717, 1.165) is 11.4 Å². The van der Waals surface area contributed by atoms with Crippen LogP contribution in [0, 0.1) is 6.92 Å². The van der Waals surface area contributed by atoms with Gasteiger partial charge in [0.15, 0.2) is 0 Å². The highest BCUT2D eigenvalue weighted by molar-refractivity contribution is 6.30. The van der Waals surface area contributed by atoms with Crippen molar-refractivity contribution < 1.29 is 0 Å². The van der Waals surface area contributed by atoms with E-state index >= 15 is 0 Å². The van der Waals surface area contributed by atoms with Crippen LogP contribution in [-0.4, -0.2) is 24.0 Å². The van der Waals surface area contributed by atoms with Crippen LogP contribution in [0.25, 0.3) is 0 Å². The van der Waals surface area contributed by atoms with Crippen molar-refractivity contribution in [3.05, 3.63) is 34.3 Å². The number of rotatable bonds is 5. The number of benzene rings is 1. The van der Waals surface area contributed by atoms with E-state index in [0.29, 0.717) is 6.54 Å². The first kappa shape index (κ1) is 15.5. The van der Waals surface area contributed by atoms with Gasteiger partial charge in [-0.1, -0.05) is 24.6 Å². The number of hydrogen-bond donors (Lipinski definition) is 1. The average Bonchev–Trinajstić information content (AvgIpc) is 2.32. The molecule has 0 saturated heterocycles. The lowest BCUT2D eigenvalue weighted by molar-refractivity contribution is 0.100. The van der Waals surface area contributed by atoms with E-state index in [2.05, 4.69) is 45.7 Å². The molecule has 1 atom stereocenters. The molecule has 0 saturated carbocycles. The second kappa shape index (κ2) is 6.05. The fourth-order valence-corrected chi connectivity index (χ4v) is 2.40. The summed E-state index contributed by atoms with van der Waals surface area (Å²) in [4.78, 5) is 2.36. The summed E-state index contributed by atoms with van der Waals surface area (Å²) in [5.41, 5.74) is 8.60. The average molecular weight is 269 g/mol. The summed E-state index contributed by atoms with van der Waals surface area (Å²) in [6.45, 7) is 9.42. The van der Waals surface area contributed by atoms with Gasteiger partial charge in [0.05, 0.1) is 0 Å². The summed E-state index contributed by atoms with van der Waals surface area (Å²) in [6.07, 6.45) is 1.09. The minimum atomic E-state index is 0.135. The van der Waals surface area contributed by atoms with Gasteiger partial charge >= 0.3 is 0 Å². The van der Waals surface area contributed by atoms with Crippen LogP contribution in [0.15, 0.2) is 18.2 Å². The third kappa shape index (κ3) is 3.25. The maximum absolute atomic E-state index is 6.02. The number of likely N-dealkylation sites (N-methyl/N-ethyl adjacent to an activating group) is 1. The van der Waals surface area contributed by atoms with Crippen molar-refractivity contribution in [3.8, 4) is 0 Å². The molecule has 2 nitrogen and oxygen atoms in total. The molecule has 3 heteroatoms. The molecule has 0 aliphatic rings. The van der Waals surface area contributed by atoms with Crippen LogP contribution in [0.1, 0.15) is 44.4 Å². The zero-order valence-electron chi connectivity index (χ0n) is 12.1. The van der Waals surface area contributed by atoms with Crippen molar-refractivity contribution in [1.29, 1.82) is 0 Å². The Balaban J connectivity index is 3.10. The van der Waals surface area contributed by atoms with Crippen molar-refractivity contribution >= 4 is 11.6 Å². The van der Waals surface area contributed by atoms with Crippen LogP contribution < -0.4 is 5.73 Å². The first-order valence-corrected chi connectivity index (χ1v) is 6.90. The minimum Gasteiger partial charge on any atom is -0.329 e. The monoisotopic (exact) mass is 268 g/mol. The van der Waals surface area contributed by atoms with E-state index in [1.54, 1.807) is 0 Å². The fourth-order valence-electron chi connectivity index (χ4n) is 2.18. The van der Waals surface area contributed by atoms with Crippen LogP contribution in [0.4, 0.5) is 0 Å². The molecule has 18 heavy (non-hydrogen) atoms. The third-order valence-corrected chi connectivity index (χ3v) is 4.34. The van der Waals surface area contributed by atoms with Gasteiger partial charge in [-0.3, -0.25) is 4.90 Å². The number of halogens is 1. The van der Waals surface area contributed by atoms with Gasteiger partial charge in [0.25, 0.3) is 0 Å². The van der Waals surface area contributed by atoms with E-state index in [1.807, 2.05) is 12.1 Å². The van der Waals surface area contributed by atoms with Gasteiger partial charge in [0, 0.05) is 23.1 Å². The van der Waals surface area contributed by atoms with Gasteiger partial charge in [-0.15, -0.1) is 0 Å². The van der Waals surface area contributed by atoms with Gasteiger partial charge in [-0.2, -0.15) is 0 Å². The summed E-state index contributed by atoms with van der Waals surface area (Å²) in [6, 6.07) is 6.28. The summed E-state index contributed by atoms with van der Waals surface area (Å²) in [7, 11) is 2.15. The standard InChI is InChI=1S/C15H25ClN2/c1-6-15(3,4)18(5)14(10-17)13-8-7-12(16)9-11(13)2/h7-9,14H,6,10,17H2,1-5H3. The number of nitrogens with two attached hydrogens (primary N) is 1. The molecule has 0 aliphatic heterocycles. The first-order valence-electron chi connectivity index (χ1n) is 6.52. The normalized spacial score (nSPS) is 14.0. The lowest BCUT2D eigenvalue weighted by atomic mass is 9.93. The van der Waals surface area contributed by atoms with Crippen molar-refractivity contribution in [1.82, 2.24) is 4.90 Å². The Bertz CT molecular complexity index is 401. The van der Waals surface area contributed by atoms with E-state index < -0.39 is 0 Å². The Morgan fingerprint density at radius 2 is 2.00 bits per heavy atom. The molecule has 102 valence electrons. The number of nitrogens with zero attached hydrogens (tertiary/aromatic N) is 1. The quantitative estimate of drug-likeness (QED) is 0.881. The molecule has 0 spiro atoms.